The average Bonchev–Trinajstić information content (AvgIpc) is 3.16. The number of aliphatic hydroxyl groups is 1. The number of rotatable bonds is 7. The zero-order valence-electron chi connectivity index (χ0n) is 14.8. The van der Waals surface area contributed by atoms with Crippen LogP contribution < -0.4 is 5.32 Å². The molecule has 0 aliphatic rings. The molecule has 1 amide bonds. The van der Waals surface area contributed by atoms with Gasteiger partial charge in [-0.2, -0.15) is 5.10 Å². The molecule has 134 valence electrons. The van der Waals surface area contributed by atoms with Crippen molar-refractivity contribution in [3.8, 4) is 5.69 Å². The van der Waals surface area contributed by atoms with E-state index in [9.17, 15) is 4.79 Å². The highest BCUT2D eigenvalue weighted by Gasteiger charge is 2.17. The number of aromatic nitrogens is 2. The molecular formula is C21H23N3O2. The first-order chi connectivity index (χ1) is 12.7. The lowest BCUT2D eigenvalue weighted by Crippen LogP contribution is -2.28. The second kappa shape index (κ2) is 8.45. The van der Waals surface area contributed by atoms with Gasteiger partial charge in [-0.3, -0.25) is 4.79 Å². The van der Waals surface area contributed by atoms with Crippen molar-refractivity contribution >= 4 is 5.91 Å². The van der Waals surface area contributed by atoms with Crippen LogP contribution in [0.25, 0.3) is 5.69 Å². The van der Waals surface area contributed by atoms with Gasteiger partial charge in [-0.1, -0.05) is 48.5 Å². The van der Waals surface area contributed by atoms with Crippen LogP contribution in [0.3, 0.4) is 0 Å². The Morgan fingerprint density at radius 2 is 1.88 bits per heavy atom. The molecule has 0 saturated carbocycles. The fourth-order valence-electron chi connectivity index (χ4n) is 2.94. The van der Waals surface area contributed by atoms with E-state index < -0.39 is 0 Å². The molecule has 3 rings (SSSR count). The first-order valence-electron chi connectivity index (χ1n) is 8.76. The number of nitrogens with one attached hydrogen (secondary N) is 1. The van der Waals surface area contributed by atoms with E-state index in [1.165, 1.54) is 0 Å². The summed E-state index contributed by atoms with van der Waals surface area (Å²) in [6, 6.07) is 17.6. The number of hydrogen-bond donors (Lipinski definition) is 2. The molecule has 1 atom stereocenters. The fraction of sp³-hybridized carbons (Fsp3) is 0.238. The summed E-state index contributed by atoms with van der Waals surface area (Å²) < 4.78 is 1.72. The van der Waals surface area contributed by atoms with Crippen molar-refractivity contribution < 1.29 is 9.90 Å². The minimum absolute atomic E-state index is 0.102. The summed E-state index contributed by atoms with van der Waals surface area (Å²) in [5.74, 6) is -0.170. The predicted octanol–water partition coefficient (Wildman–Crippen LogP) is 3.42. The summed E-state index contributed by atoms with van der Waals surface area (Å²) in [6.45, 7) is 2.11. The first kappa shape index (κ1) is 17.9. The van der Waals surface area contributed by atoms with Gasteiger partial charge in [-0.15, -0.1) is 0 Å². The highest BCUT2D eigenvalue weighted by molar-refractivity contribution is 5.94. The van der Waals surface area contributed by atoms with Crippen LogP contribution in [0.5, 0.6) is 0 Å². The van der Waals surface area contributed by atoms with Gasteiger partial charge in [-0.05, 0) is 37.0 Å². The van der Waals surface area contributed by atoms with Gasteiger partial charge in [0.2, 0.25) is 0 Å². The third kappa shape index (κ3) is 4.18. The van der Waals surface area contributed by atoms with Crippen molar-refractivity contribution in [2.45, 2.75) is 25.8 Å². The summed E-state index contributed by atoms with van der Waals surface area (Å²) in [4.78, 5) is 12.7. The molecular weight excluding hydrogens is 326 g/mol. The van der Waals surface area contributed by atoms with E-state index >= 15 is 0 Å². The molecule has 5 nitrogen and oxygen atoms in total. The van der Waals surface area contributed by atoms with Crippen molar-refractivity contribution in [1.82, 2.24) is 15.1 Å². The second-order valence-corrected chi connectivity index (χ2v) is 6.26. The molecule has 2 N–H and O–H groups in total. The van der Waals surface area contributed by atoms with E-state index in [0.29, 0.717) is 18.4 Å². The van der Waals surface area contributed by atoms with E-state index in [2.05, 4.69) is 10.4 Å². The predicted molar refractivity (Wildman–Crippen MR) is 101 cm³/mol. The average molecular weight is 349 g/mol. The minimum Gasteiger partial charge on any atom is -0.396 e. The maximum absolute atomic E-state index is 12.7. The molecule has 26 heavy (non-hydrogen) atoms. The summed E-state index contributed by atoms with van der Waals surface area (Å²) in [7, 11) is 0. The number of carbonyl (C=O) groups excluding carboxylic acids is 1. The molecule has 0 aliphatic carbocycles. The Balaban J connectivity index is 1.77. The zero-order chi connectivity index (χ0) is 18.4. The van der Waals surface area contributed by atoms with E-state index in [0.717, 1.165) is 16.8 Å². The Hall–Kier alpha value is -2.92. The normalized spacial score (nSPS) is 11.9. The molecule has 0 bridgehead atoms. The summed E-state index contributed by atoms with van der Waals surface area (Å²) in [6.07, 6.45) is 4.63. The summed E-state index contributed by atoms with van der Waals surface area (Å²) in [5.41, 5.74) is 3.58. The van der Waals surface area contributed by atoms with Crippen molar-refractivity contribution in [1.29, 1.82) is 0 Å². The highest BCUT2D eigenvalue weighted by Crippen LogP contribution is 2.19. The van der Waals surface area contributed by atoms with E-state index in [-0.39, 0.29) is 18.6 Å². The molecule has 3 aromatic rings. The number of aliphatic hydroxyl groups excluding tert-OH is 1. The van der Waals surface area contributed by atoms with Gasteiger partial charge in [0.25, 0.3) is 5.91 Å². The monoisotopic (exact) mass is 349 g/mol. The van der Waals surface area contributed by atoms with E-state index in [4.69, 9.17) is 5.11 Å². The summed E-state index contributed by atoms with van der Waals surface area (Å²) in [5, 5.41) is 16.5. The van der Waals surface area contributed by atoms with Crippen molar-refractivity contribution in [2.75, 3.05) is 6.61 Å². The molecule has 0 aliphatic heterocycles. The van der Waals surface area contributed by atoms with Crippen LogP contribution in [0.2, 0.25) is 0 Å². The van der Waals surface area contributed by atoms with Crippen LogP contribution in [-0.2, 0) is 0 Å². The number of aryl methyl sites for hydroxylation is 1. The Bertz CT molecular complexity index is 858. The topological polar surface area (TPSA) is 67.2 Å². The molecule has 0 saturated heterocycles. The quantitative estimate of drug-likeness (QED) is 0.687. The lowest BCUT2D eigenvalue weighted by molar-refractivity contribution is 0.0932. The maximum atomic E-state index is 12.7. The van der Waals surface area contributed by atoms with Crippen LogP contribution in [0, 0.1) is 6.92 Å². The molecule has 0 radical (unpaired) electrons. The van der Waals surface area contributed by atoms with Crippen molar-refractivity contribution in [3.63, 3.8) is 0 Å². The molecule has 0 fully saturated rings. The van der Waals surface area contributed by atoms with Gasteiger partial charge < -0.3 is 10.4 Å². The lowest BCUT2D eigenvalue weighted by Gasteiger charge is -2.18. The lowest BCUT2D eigenvalue weighted by atomic mass is 10.0. The van der Waals surface area contributed by atoms with Crippen LogP contribution in [0.15, 0.2) is 67.0 Å². The number of benzene rings is 2. The van der Waals surface area contributed by atoms with Gasteiger partial charge in [0.15, 0.2) is 0 Å². The van der Waals surface area contributed by atoms with E-state index in [1.807, 2.05) is 61.5 Å². The minimum atomic E-state index is -0.170. The number of amides is 1. The zero-order valence-corrected chi connectivity index (χ0v) is 14.8. The Kier molecular flexibility index (Phi) is 5.81. The van der Waals surface area contributed by atoms with Crippen molar-refractivity contribution in [2.24, 2.45) is 0 Å². The van der Waals surface area contributed by atoms with Crippen LogP contribution in [-0.4, -0.2) is 27.4 Å². The maximum Gasteiger partial charge on any atom is 0.254 e. The van der Waals surface area contributed by atoms with E-state index in [1.54, 1.807) is 17.1 Å². The molecule has 5 heteroatoms. The molecule has 1 unspecified atom stereocenters. The number of nitrogens with zero attached hydrogens (tertiary/aromatic N) is 2. The smallest absolute Gasteiger partial charge is 0.254 e. The van der Waals surface area contributed by atoms with Gasteiger partial charge >= 0.3 is 0 Å². The Morgan fingerprint density at radius 3 is 2.62 bits per heavy atom. The largest absolute Gasteiger partial charge is 0.396 e. The highest BCUT2D eigenvalue weighted by atomic mass is 16.3. The SMILES string of the molecule is Cc1ccccc1-n1cc(C(=O)NC(CCCO)c2ccccc2)cn1. The molecule has 1 aromatic heterocycles. The first-order valence-corrected chi connectivity index (χ1v) is 8.76. The van der Waals surface area contributed by atoms with Crippen LogP contribution in [0.4, 0.5) is 0 Å². The number of hydrogen-bond acceptors (Lipinski definition) is 3. The number of para-hydroxylation sites is 1. The third-order valence-corrected chi connectivity index (χ3v) is 4.37. The van der Waals surface area contributed by atoms with Crippen LogP contribution in [0.1, 0.15) is 40.4 Å². The Labute approximate surface area is 153 Å². The van der Waals surface area contributed by atoms with Crippen LogP contribution >= 0.6 is 0 Å². The Morgan fingerprint density at radius 1 is 1.15 bits per heavy atom. The second-order valence-electron chi connectivity index (χ2n) is 6.26. The summed E-state index contributed by atoms with van der Waals surface area (Å²) >= 11 is 0. The van der Waals surface area contributed by atoms with Crippen molar-refractivity contribution in [3.05, 3.63) is 83.7 Å². The molecule has 0 spiro atoms. The van der Waals surface area contributed by atoms with Gasteiger partial charge in [0.05, 0.1) is 23.5 Å². The molecule has 1 heterocycles. The standard InChI is InChI=1S/C21H23N3O2/c1-16-8-5-6-12-20(16)24-15-18(14-22-24)21(26)23-19(11-7-13-25)17-9-3-2-4-10-17/h2-6,8-10,12,14-15,19,25H,7,11,13H2,1H3,(H,23,26). The van der Waals surface area contributed by atoms with Gasteiger partial charge in [0, 0.05) is 12.8 Å². The fourth-order valence-corrected chi connectivity index (χ4v) is 2.94. The van der Waals surface area contributed by atoms with Gasteiger partial charge in [-0.25, -0.2) is 4.68 Å². The number of carbonyl (C=O) groups is 1. The third-order valence-electron chi connectivity index (χ3n) is 4.37. The van der Waals surface area contributed by atoms with Gasteiger partial charge in [0.1, 0.15) is 0 Å². The molecule has 2 aromatic carbocycles.